The first-order chi connectivity index (χ1) is 22.4. The number of rotatable bonds is 7. The van der Waals surface area contributed by atoms with E-state index in [4.69, 9.17) is 16.3 Å². The lowest BCUT2D eigenvalue weighted by Crippen LogP contribution is -2.47. The smallest absolute Gasteiger partial charge is 0.416 e. The maximum atomic E-state index is 15.0. The number of hydrogen-bond acceptors (Lipinski definition) is 4. The molecule has 1 N–H and O–H groups in total. The number of ether oxygens (including phenoxy) is 1. The number of carbonyl (C=O) groups is 3. The monoisotopic (exact) mass is 673 g/mol. The average molecular weight is 674 g/mol. The molecule has 0 radical (unpaired) electrons. The summed E-state index contributed by atoms with van der Waals surface area (Å²) in [6.07, 6.45) is -0.942. The normalized spacial score (nSPS) is 18.6. The minimum absolute atomic E-state index is 0.0183. The third kappa shape index (κ3) is 7.40. The molecule has 1 saturated heterocycles. The highest BCUT2D eigenvalue weighted by Crippen LogP contribution is 2.40. The van der Waals surface area contributed by atoms with Gasteiger partial charge in [-0.3, -0.25) is 14.5 Å². The second-order valence-corrected chi connectivity index (χ2v) is 12.3. The number of nitrogens with zero attached hydrogens (tertiary/aromatic N) is 2. The number of amides is 3. The number of alkyl halides is 4. The van der Waals surface area contributed by atoms with Gasteiger partial charge in [0.2, 0.25) is 5.91 Å². The van der Waals surface area contributed by atoms with E-state index in [2.05, 4.69) is 5.32 Å². The predicted molar refractivity (Wildman–Crippen MR) is 171 cm³/mol. The first kappa shape index (κ1) is 34.2. The predicted octanol–water partition coefficient (Wildman–Crippen LogP) is 8.78. The summed E-state index contributed by atoms with van der Waals surface area (Å²) in [7, 11) is 0. The Kier molecular flexibility index (Phi) is 10.4. The van der Waals surface area contributed by atoms with Gasteiger partial charge in [0.1, 0.15) is 5.82 Å². The first-order valence-corrected chi connectivity index (χ1v) is 16.1. The standard InChI is InChI=1S/C35H36ClF4N3O4/c1-21-12-15-24(19-28(21)35(38,39)40)41-32(44)27-10-6-18-42(33(45)30-22(2)7-5-11-29(30)37)31(27)23-13-16-26(17-14-23)43(34(46)47-20-36)25-8-3-4-9-25/h5,7,11-17,19,25,27,31H,3-4,6,8-10,18,20H2,1-2H3,(H,41,44)/t27-,31-/m0/s1. The fraction of sp³-hybridized carbons (Fsp3) is 0.400. The molecular weight excluding hydrogens is 638 g/mol. The number of hydrogen-bond donors (Lipinski definition) is 1. The molecule has 3 aromatic carbocycles. The molecule has 1 aliphatic carbocycles. The van der Waals surface area contributed by atoms with Crippen molar-refractivity contribution in [2.24, 2.45) is 5.92 Å². The number of benzene rings is 3. The van der Waals surface area contributed by atoms with E-state index in [-0.39, 0.29) is 35.5 Å². The summed E-state index contributed by atoms with van der Waals surface area (Å²) in [4.78, 5) is 43.8. The Morgan fingerprint density at radius 3 is 2.30 bits per heavy atom. The SMILES string of the molecule is Cc1ccc(NC(=O)[C@H]2CCCN(C(=O)c3c(C)cccc3F)[C@H]2c2ccc(N(C(=O)OCCl)C3CCCC3)cc2)cc1C(F)(F)F. The van der Waals surface area contributed by atoms with Crippen molar-refractivity contribution in [2.45, 2.75) is 70.6 Å². The first-order valence-electron chi connectivity index (χ1n) is 15.6. The van der Waals surface area contributed by atoms with Crippen LogP contribution in [0.4, 0.5) is 33.7 Å². The van der Waals surface area contributed by atoms with Crippen LogP contribution in [0.15, 0.2) is 60.7 Å². The summed E-state index contributed by atoms with van der Waals surface area (Å²) < 4.78 is 61.0. The Balaban J connectivity index is 1.52. The topological polar surface area (TPSA) is 79.0 Å². The van der Waals surface area contributed by atoms with Crippen molar-refractivity contribution in [3.63, 3.8) is 0 Å². The van der Waals surface area contributed by atoms with E-state index in [1.54, 1.807) is 42.2 Å². The Morgan fingerprint density at radius 2 is 1.66 bits per heavy atom. The second-order valence-electron chi connectivity index (χ2n) is 12.1. The molecule has 1 saturated carbocycles. The molecule has 1 heterocycles. The van der Waals surface area contributed by atoms with E-state index in [1.165, 1.54) is 36.1 Å². The minimum Gasteiger partial charge on any atom is -0.433 e. The Morgan fingerprint density at radius 1 is 0.957 bits per heavy atom. The zero-order valence-electron chi connectivity index (χ0n) is 26.1. The summed E-state index contributed by atoms with van der Waals surface area (Å²) in [5, 5.41) is 2.64. The Bertz CT molecular complexity index is 1610. The van der Waals surface area contributed by atoms with Gasteiger partial charge in [0, 0.05) is 24.0 Å². The summed E-state index contributed by atoms with van der Waals surface area (Å²) >= 11 is 5.69. The number of aryl methyl sites for hydroxylation is 2. The molecule has 3 amide bonds. The molecule has 1 aliphatic heterocycles. The molecule has 0 aromatic heterocycles. The van der Waals surface area contributed by atoms with Crippen molar-refractivity contribution in [1.82, 2.24) is 4.90 Å². The summed E-state index contributed by atoms with van der Waals surface area (Å²) in [6, 6.07) is 13.5. The van der Waals surface area contributed by atoms with Crippen LogP contribution in [-0.4, -0.2) is 41.5 Å². The quantitative estimate of drug-likeness (QED) is 0.201. The number of anilines is 2. The zero-order valence-corrected chi connectivity index (χ0v) is 26.8. The molecule has 250 valence electrons. The van der Waals surface area contributed by atoms with Crippen molar-refractivity contribution < 1.29 is 36.7 Å². The van der Waals surface area contributed by atoms with Gasteiger partial charge in [-0.25, -0.2) is 9.18 Å². The van der Waals surface area contributed by atoms with E-state index >= 15 is 4.39 Å². The van der Waals surface area contributed by atoms with Crippen molar-refractivity contribution in [1.29, 1.82) is 0 Å². The van der Waals surface area contributed by atoms with Gasteiger partial charge in [-0.15, -0.1) is 0 Å². The highest BCUT2D eigenvalue weighted by molar-refractivity contribution is 6.17. The fourth-order valence-electron chi connectivity index (χ4n) is 6.77. The van der Waals surface area contributed by atoms with Crippen molar-refractivity contribution in [2.75, 3.05) is 22.8 Å². The van der Waals surface area contributed by atoms with Crippen LogP contribution in [0.2, 0.25) is 0 Å². The maximum absolute atomic E-state index is 15.0. The van der Waals surface area contributed by atoms with Gasteiger partial charge in [0.05, 0.1) is 23.1 Å². The van der Waals surface area contributed by atoms with Crippen LogP contribution in [0.1, 0.15) is 77.2 Å². The number of carbonyl (C=O) groups excluding carboxylic acids is 3. The van der Waals surface area contributed by atoms with Crippen LogP contribution in [0.5, 0.6) is 0 Å². The van der Waals surface area contributed by atoms with Gasteiger partial charge in [-0.2, -0.15) is 13.2 Å². The highest BCUT2D eigenvalue weighted by atomic mass is 35.5. The van der Waals surface area contributed by atoms with E-state index in [9.17, 15) is 27.6 Å². The zero-order chi connectivity index (χ0) is 33.9. The minimum atomic E-state index is -4.61. The van der Waals surface area contributed by atoms with Gasteiger partial charge in [-0.05, 0) is 86.6 Å². The fourth-order valence-corrected chi connectivity index (χ4v) is 6.87. The Hall–Kier alpha value is -4.12. The van der Waals surface area contributed by atoms with Crippen molar-refractivity contribution in [3.8, 4) is 0 Å². The molecule has 3 aromatic rings. The molecule has 0 spiro atoms. The van der Waals surface area contributed by atoms with Gasteiger partial charge >= 0.3 is 12.3 Å². The Labute approximate surface area is 275 Å². The molecular formula is C35H36ClF4N3O4. The third-order valence-corrected chi connectivity index (χ3v) is 9.16. The summed E-state index contributed by atoms with van der Waals surface area (Å²) in [5.74, 6) is -2.74. The second kappa shape index (κ2) is 14.3. The molecule has 7 nitrogen and oxygen atoms in total. The molecule has 0 unspecified atom stereocenters. The molecule has 2 atom stereocenters. The molecule has 2 aliphatic rings. The van der Waals surface area contributed by atoms with Gasteiger partial charge in [0.25, 0.3) is 5.91 Å². The molecule has 5 rings (SSSR count). The van der Waals surface area contributed by atoms with Gasteiger partial charge in [0.15, 0.2) is 6.07 Å². The van der Waals surface area contributed by atoms with Gasteiger partial charge in [-0.1, -0.05) is 54.8 Å². The molecule has 47 heavy (non-hydrogen) atoms. The van der Waals surface area contributed by atoms with Crippen molar-refractivity contribution in [3.05, 3.63) is 94.3 Å². The third-order valence-electron chi connectivity index (χ3n) is 9.05. The molecule has 12 heteroatoms. The largest absolute Gasteiger partial charge is 0.433 e. The van der Waals surface area contributed by atoms with Crippen LogP contribution in [-0.2, 0) is 15.7 Å². The van der Waals surface area contributed by atoms with Crippen LogP contribution in [0.25, 0.3) is 0 Å². The van der Waals surface area contributed by atoms with Crippen LogP contribution in [0, 0.1) is 25.6 Å². The highest BCUT2D eigenvalue weighted by Gasteiger charge is 2.41. The van der Waals surface area contributed by atoms with Crippen LogP contribution < -0.4 is 10.2 Å². The lowest BCUT2D eigenvalue weighted by molar-refractivity contribution is -0.138. The summed E-state index contributed by atoms with van der Waals surface area (Å²) in [5.41, 5.74) is 0.546. The number of piperidine rings is 1. The van der Waals surface area contributed by atoms with E-state index in [1.807, 2.05) is 0 Å². The molecule has 0 bridgehead atoms. The van der Waals surface area contributed by atoms with Crippen molar-refractivity contribution >= 4 is 40.9 Å². The molecule has 2 fully saturated rings. The van der Waals surface area contributed by atoms with Gasteiger partial charge < -0.3 is 15.0 Å². The number of likely N-dealkylation sites (tertiary alicyclic amines) is 1. The number of nitrogens with one attached hydrogen (secondary N) is 1. The van der Waals surface area contributed by atoms with E-state index in [0.717, 1.165) is 31.7 Å². The lowest BCUT2D eigenvalue weighted by Gasteiger charge is -2.41. The van der Waals surface area contributed by atoms with Crippen LogP contribution >= 0.6 is 11.6 Å². The lowest BCUT2D eigenvalue weighted by atomic mass is 9.83. The summed E-state index contributed by atoms with van der Waals surface area (Å²) in [6.45, 7) is 3.19. The number of halogens is 5. The maximum Gasteiger partial charge on any atom is 0.416 e. The van der Waals surface area contributed by atoms with E-state index in [0.29, 0.717) is 29.7 Å². The average Bonchev–Trinajstić information content (AvgIpc) is 3.56. The van der Waals surface area contributed by atoms with E-state index < -0.39 is 47.4 Å². The van der Waals surface area contributed by atoms with Crippen LogP contribution in [0.3, 0.4) is 0 Å².